The lowest BCUT2D eigenvalue weighted by Gasteiger charge is -2.31. The van der Waals surface area contributed by atoms with E-state index in [1.165, 1.54) is 29.8 Å². The number of hydrogen-bond donors (Lipinski definition) is 1. The molecule has 0 saturated heterocycles. The predicted molar refractivity (Wildman–Crippen MR) is 74.7 cm³/mol. The average molecular weight is 247 g/mol. The third-order valence-corrected chi connectivity index (χ3v) is 4.01. The molecular formula is C15H25N3. The Morgan fingerprint density at radius 2 is 1.94 bits per heavy atom. The van der Waals surface area contributed by atoms with E-state index in [9.17, 15) is 0 Å². The van der Waals surface area contributed by atoms with E-state index in [-0.39, 0.29) is 5.41 Å². The molecule has 3 nitrogen and oxygen atoms in total. The van der Waals surface area contributed by atoms with E-state index in [2.05, 4.69) is 36.1 Å². The average Bonchev–Trinajstić information content (AvgIpc) is 2.34. The Morgan fingerprint density at radius 3 is 2.61 bits per heavy atom. The minimum atomic E-state index is 0.251. The molecule has 100 valence electrons. The Labute approximate surface area is 110 Å². The van der Waals surface area contributed by atoms with Crippen molar-refractivity contribution in [3.05, 3.63) is 23.3 Å². The first-order valence-electron chi connectivity index (χ1n) is 7.01. The van der Waals surface area contributed by atoms with Gasteiger partial charge in [0.1, 0.15) is 6.33 Å². The van der Waals surface area contributed by atoms with Crippen LogP contribution in [0.15, 0.2) is 6.33 Å². The lowest BCUT2D eigenvalue weighted by atomic mass is 9.82. The van der Waals surface area contributed by atoms with E-state index >= 15 is 0 Å². The minimum Gasteiger partial charge on any atom is -0.316 e. The van der Waals surface area contributed by atoms with Crippen molar-refractivity contribution < 1.29 is 0 Å². The molecule has 0 amide bonds. The summed E-state index contributed by atoms with van der Waals surface area (Å²) in [7, 11) is 2.05. The van der Waals surface area contributed by atoms with Crippen molar-refractivity contribution >= 4 is 0 Å². The van der Waals surface area contributed by atoms with Crippen LogP contribution in [0.1, 0.15) is 50.6 Å². The molecule has 1 unspecified atom stereocenters. The first-order valence-corrected chi connectivity index (χ1v) is 7.01. The molecule has 1 N–H and O–H groups in total. The Bertz CT molecular complexity index is 407. The monoisotopic (exact) mass is 247 g/mol. The van der Waals surface area contributed by atoms with Crippen molar-refractivity contribution in [3.8, 4) is 0 Å². The molecule has 1 aliphatic rings. The molecule has 3 heteroatoms. The van der Waals surface area contributed by atoms with Gasteiger partial charge in [0.25, 0.3) is 0 Å². The molecule has 1 aromatic heterocycles. The molecule has 1 atom stereocenters. The Morgan fingerprint density at radius 1 is 1.22 bits per heavy atom. The van der Waals surface area contributed by atoms with Gasteiger partial charge < -0.3 is 5.32 Å². The third kappa shape index (κ3) is 2.89. The summed E-state index contributed by atoms with van der Waals surface area (Å²) in [5.74, 6) is 0. The summed E-state index contributed by atoms with van der Waals surface area (Å²) in [5.41, 5.74) is 4.22. The second-order valence-electron chi connectivity index (χ2n) is 6.36. The van der Waals surface area contributed by atoms with E-state index in [0.717, 1.165) is 19.3 Å². The van der Waals surface area contributed by atoms with Gasteiger partial charge >= 0.3 is 0 Å². The molecule has 1 aliphatic carbocycles. The number of fused-ring (bicyclic) bond motifs is 1. The van der Waals surface area contributed by atoms with Crippen LogP contribution in [0.2, 0.25) is 0 Å². The van der Waals surface area contributed by atoms with Gasteiger partial charge in [-0.1, -0.05) is 20.8 Å². The number of rotatable bonds is 3. The summed E-state index contributed by atoms with van der Waals surface area (Å²) >= 11 is 0. The van der Waals surface area contributed by atoms with Crippen LogP contribution in [-0.2, 0) is 19.3 Å². The largest absolute Gasteiger partial charge is 0.316 e. The molecule has 1 heterocycles. The number of aryl methyl sites for hydroxylation is 1. The molecule has 0 aromatic carbocycles. The zero-order valence-corrected chi connectivity index (χ0v) is 12.1. The highest BCUT2D eigenvalue weighted by molar-refractivity contribution is 5.27. The lowest BCUT2D eigenvalue weighted by molar-refractivity contribution is 0.277. The molecule has 0 spiro atoms. The number of nitrogens with zero attached hydrogens (tertiary/aromatic N) is 2. The van der Waals surface area contributed by atoms with Crippen LogP contribution in [0.4, 0.5) is 0 Å². The maximum Gasteiger partial charge on any atom is 0.115 e. The molecular weight excluding hydrogens is 222 g/mol. The minimum absolute atomic E-state index is 0.251. The zero-order valence-electron chi connectivity index (χ0n) is 12.1. The first kappa shape index (κ1) is 13.5. The molecule has 18 heavy (non-hydrogen) atoms. The summed E-state index contributed by atoms with van der Waals surface area (Å²) in [4.78, 5) is 8.99. The smallest absolute Gasteiger partial charge is 0.115 e. The van der Waals surface area contributed by atoms with E-state index in [0.29, 0.717) is 6.04 Å². The van der Waals surface area contributed by atoms with Gasteiger partial charge in [0.15, 0.2) is 0 Å². The summed E-state index contributed by atoms with van der Waals surface area (Å²) in [6, 6.07) is 0.457. The van der Waals surface area contributed by atoms with Crippen LogP contribution in [-0.4, -0.2) is 23.1 Å². The van der Waals surface area contributed by atoms with Gasteiger partial charge in [-0.15, -0.1) is 0 Å². The Hall–Kier alpha value is -0.960. The first-order chi connectivity index (χ1) is 8.52. The van der Waals surface area contributed by atoms with Gasteiger partial charge in [-0.3, -0.25) is 0 Å². The van der Waals surface area contributed by atoms with E-state index in [1.807, 2.05) is 7.05 Å². The molecule has 2 rings (SSSR count). The van der Waals surface area contributed by atoms with E-state index in [1.54, 1.807) is 6.33 Å². The van der Waals surface area contributed by atoms with Gasteiger partial charge in [-0.2, -0.15) is 0 Å². The normalized spacial score (nSPS) is 17.3. The predicted octanol–water partition coefficient (Wildman–Crippen LogP) is 2.53. The van der Waals surface area contributed by atoms with Crippen LogP contribution >= 0.6 is 0 Å². The second kappa shape index (κ2) is 5.35. The molecule has 0 bridgehead atoms. The van der Waals surface area contributed by atoms with Gasteiger partial charge in [0.05, 0.1) is 0 Å². The molecule has 0 fully saturated rings. The summed E-state index contributed by atoms with van der Waals surface area (Å²) in [6.07, 6.45) is 7.60. The van der Waals surface area contributed by atoms with Crippen LogP contribution < -0.4 is 5.32 Å². The Balaban J connectivity index is 2.23. The summed E-state index contributed by atoms with van der Waals surface area (Å²) < 4.78 is 0. The lowest BCUT2D eigenvalue weighted by Crippen LogP contribution is -2.40. The second-order valence-corrected chi connectivity index (χ2v) is 6.36. The van der Waals surface area contributed by atoms with Crippen molar-refractivity contribution in [1.82, 2.24) is 15.3 Å². The summed E-state index contributed by atoms with van der Waals surface area (Å²) in [5, 5.41) is 3.44. The molecule has 0 radical (unpaired) electrons. The van der Waals surface area contributed by atoms with Crippen molar-refractivity contribution in [2.45, 2.75) is 58.9 Å². The van der Waals surface area contributed by atoms with Crippen LogP contribution in [0.3, 0.4) is 0 Å². The zero-order chi connectivity index (χ0) is 13.2. The standard InChI is InChI=1S/C15H25N3/c1-15(2,3)14(16-4)9-13-11-7-5-6-8-12(11)17-10-18-13/h10,14,16H,5-9H2,1-4H3. The van der Waals surface area contributed by atoms with E-state index in [4.69, 9.17) is 0 Å². The highest BCUT2D eigenvalue weighted by atomic mass is 14.9. The topological polar surface area (TPSA) is 37.8 Å². The quantitative estimate of drug-likeness (QED) is 0.892. The van der Waals surface area contributed by atoms with Crippen molar-refractivity contribution in [2.24, 2.45) is 5.41 Å². The fraction of sp³-hybridized carbons (Fsp3) is 0.733. The van der Waals surface area contributed by atoms with Gasteiger partial charge in [0, 0.05) is 23.9 Å². The maximum atomic E-state index is 4.54. The van der Waals surface area contributed by atoms with E-state index < -0.39 is 0 Å². The number of aromatic nitrogens is 2. The van der Waals surface area contributed by atoms with Crippen LogP contribution in [0.25, 0.3) is 0 Å². The highest BCUT2D eigenvalue weighted by Gasteiger charge is 2.25. The fourth-order valence-corrected chi connectivity index (χ4v) is 2.80. The van der Waals surface area contributed by atoms with Crippen LogP contribution in [0, 0.1) is 5.41 Å². The fourth-order valence-electron chi connectivity index (χ4n) is 2.80. The van der Waals surface area contributed by atoms with Gasteiger partial charge in [0.2, 0.25) is 0 Å². The molecule has 0 aliphatic heterocycles. The summed E-state index contributed by atoms with van der Waals surface area (Å²) in [6.45, 7) is 6.84. The molecule has 1 aromatic rings. The number of hydrogen-bond acceptors (Lipinski definition) is 3. The third-order valence-electron chi connectivity index (χ3n) is 4.01. The highest BCUT2D eigenvalue weighted by Crippen LogP contribution is 2.26. The maximum absolute atomic E-state index is 4.54. The van der Waals surface area contributed by atoms with Crippen molar-refractivity contribution in [1.29, 1.82) is 0 Å². The van der Waals surface area contributed by atoms with Crippen molar-refractivity contribution in [2.75, 3.05) is 7.05 Å². The number of nitrogens with one attached hydrogen (secondary N) is 1. The van der Waals surface area contributed by atoms with Gasteiger partial charge in [-0.25, -0.2) is 9.97 Å². The van der Waals surface area contributed by atoms with Crippen molar-refractivity contribution in [3.63, 3.8) is 0 Å². The SMILES string of the molecule is CNC(Cc1ncnc2c1CCCC2)C(C)(C)C. The Kier molecular flexibility index (Phi) is 4.00. The van der Waals surface area contributed by atoms with Gasteiger partial charge in [-0.05, 0) is 43.7 Å². The number of likely N-dealkylation sites (N-methyl/N-ethyl adjacent to an activating group) is 1. The van der Waals surface area contributed by atoms with Crippen LogP contribution in [0.5, 0.6) is 0 Å². The molecule has 0 saturated carbocycles.